The number of allylic oxidation sites excluding steroid dienone is 1. The molecule has 2 heterocycles. The summed E-state index contributed by atoms with van der Waals surface area (Å²) in [6, 6.07) is 11.4. The van der Waals surface area contributed by atoms with Gasteiger partial charge in [-0.05, 0) is 131 Å². The van der Waals surface area contributed by atoms with Crippen molar-refractivity contribution in [1.82, 2.24) is 4.72 Å². The van der Waals surface area contributed by atoms with Crippen LogP contribution in [0.25, 0.3) is 0 Å². The van der Waals surface area contributed by atoms with E-state index >= 15 is 0 Å². The van der Waals surface area contributed by atoms with E-state index < -0.39 is 21.4 Å². The molecule has 266 valence electrons. The van der Waals surface area contributed by atoms with Gasteiger partial charge in [0, 0.05) is 36.7 Å². The summed E-state index contributed by atoms with van der Waals surface area (Å²) >= 11 is 6.45. The smallest absolute Gasteiger partial charge is 0.286 e. The topological polar surface area (TPSA) is 118 Å². The summed E-state index contributed by atoms with van der Waals surface area (Å²) in [5.41, 5.74) is 2.58. The van der Waals surface area contributed by atoms with E-state index in [4.69, 9.17) is 21.1 Å². The Morgan fingerprint density at radius 1 is 1.12 bits per heavy atom. The van der Waals surface area contributed by atoms with Gasteiger partial charge in [-0.25, -0.2) is 4.21 Å². The van der Waals surface area contributed by atoms with Crippen LogP contribution in [-0.4, -0.2) is 58.8 Å². The highest BCUT2D eigenvalue weighted by Gasteiger charge is 2.43. The number of rotatable bonds is 4. The van der Waals surface area contributed by atoms with Crippen molar-refractivity contribution >= 4 is 39.0 Å². The molecule has 0 saturated heterocycles. The van der Waals surface area contributed by atoms with E-state index in [9.17, 15) is 18.9 Å². The molecule has 1 unspecified atom stereocenters. The van der Waals surface area contributed by atoms with E-state index in [1.165, 1.54) is 11.1 Å². The number of hydrogen-bond acceptors (Lipinski definition) is 7. The van der Waals surface area contributed by atoms with Gasteiger partial charge in [0.15, 0.2) is 0 Å². The Labute approximate surface area is 296 Å². The lowest BCUT2D eigenvalue weighted by Gasteiger charge is -2.43. The van der Waals surface area contributed by atoms with E-state index in [2.05, 4.69) is 38.3 Å². The summed E-state index contributed by atoms with van der Waals surface area (Å²) in [6.45, 7) is 5.36. The second-order valence-corrected chi connectivity index (χ2v) is 17.3. The fourth-order valence-corrected chi connectivity index (χ4v) is 9.42. The van der Waals surface area contributed by atoms with Crippen molar-refractivity contribution in [2.24, 2.45) is 28.0 Å². The predicted molar refractivity (Wildman–Crippen MR) is 193 cm³/mol. The van der Waals surface area contributed by atoms with Crippen LogP contribution in [-0.2, 0) is 32.4 Å². The Balaban J connectivity index is 1.38. The van der Waals surface area contributed by atoms with Gasteiger partial charge in [-0.2, -0.15) is 0 Å². The van der Waals surface area contributed by atoms with Crippen LogP contribution in [0.3, 0.4) is 0 Å². The van der Waals surface area contributed by atoms with Crippen LogP contribution in [0.2, 0.25) is 5.02 Å². The van der Waals surface area contributed by atoms with E-state index in [1.54, 1.807) is 27.0 Å². The van der Waals surface area contributed by atoms with Crippen LogP contribution in [0.1, 0.15) is 86.7 Å². The second-order valence-electron chi connectivity index (χ2n) is 14.8. The minimum atomic E-state index is -3.43. The van der Waals surface area contributed by atoms with Crippen LogP contribution in [0.4, 0.5) is 5.69 Å². The molecule has 2 aromatic rings. The minimum absolute atomic E-state index is 0.0127. The fourth-order valence-electron chi connectivity index (χ4n) is 7.57. The lowest BCUT2D eigenvalue weighted by atomic mass is 9.67. The molecule has 2 bridgehead atoms. The van der Waals surface area contributed by atoms with Crippen LogP contribution in [0.5, 0.6) is 5.75 Å². The number of fused-ring (bicyclic) bond motifs is 3. The monoisotopic (exact) mass is 711 g/mol. The molecule has 49 heavy (non-hydrogen) atoms. The maximum Gasteiger partial charge on any atom is 0.286 e. The number of halogens is 1. The zero-order valence-corrected chi connectivity index (χ0v) is 30.4. The Hall–Kier alpha value is -2.92. The average Bonchev–Trinajstić information content (AvgIpc) is 3.03. The molecule has 4 aliphatic rings. The first-order valence-electron chi connectivity index (χ1n) is 17.7. The van der Waals surface area contributed by atoms with Crippen LogP contribution in [0, 0.1) is 23.7 Å². The van der Waals surface area contributed by atoms with Gasteiger partial charge in [0.25, 0.3) is 5.91 Å². The average molecular weight is 712 g/mol. The molecule has 0 radical (unpaired) electrons. The molecular weight excluding hydrogens is 662 g/mol. The van der Waals surface area contributed by atoms with Gasteiger partial charge in [0.05, 0.1) is 29.8 Å². The number of aliphatic hydroxyl groups is 1. The summed E-state index contributed by atoms with van der Waals surface area (Å²) < 4.78 is 33.6. The largest absolute Gasteiger partial charge is 0.491 e. The zero-order valence-electron chi connectivity index (χ0n) is 28.9. The Kier molecular flexibility index (Phi) is 11.1. The summed E-state index contributed by atoms with van der Waals surface area (Å²) in [7, 11) is -1.68. The Bertz CT molecular complexity index is 1690. The van der Waals surface area contributed by atoms with Crippen molar-refractivity contribution in [3.05, 3.63) is 70.3 Å². The predicted octanol–water partition coefficient (Wildman–Crippen LogP) is 6.89. The summed E-state index contributed by atoms with van der Waals surface area (Å²) in [4.78, 5) is 29.5. The molecule has 2 aliphatic carbocycles. The van der Waals surface area contributed by atoms with Gasteiger partial charge in [-0.15, -0.1) is 4.36 Å². The van der Waals surface area contributed by atoms with Gasteiger partial charge in [0.1, 0.15) is 15.7 Å². The highest BCUT2D eigenvalue weighted by Crippen LogP contribution is 2.43. The standard InChI is InChI=1S/C38H50ClN3O6S/c1-38(2,45)30-19-29(20-30)37(44)41-49(46)18-8-4-5-10-34(47-3)32-15-12-28(32)24-42-23-27-11-14-31(39)21-25(27)9-6-7-17-48-35-16-13-26(22-33(35)42)36(43)40-49/h5,10-11,13-14,16,21-22,28-30,32,34,45H,4,6-9,12,15,17-20,23-24H2,1-3H3,(H,40,41,43,44,46)/b10-5+/t28-,29?,30?,32+,34-,49?/m0/s1. The summed E-state index contributed by atoms with van der Waals surface area (Å²) in [6.07, 6.45) is 11.1. The highest BCUT2D eigenvalue weighted by atomic mass is 35.5. The lowest BCUT2D eigenvalue weighted by molar-refractivity contribution is -0.131. The van der Waals surface area contributed by atoms with Gasteiger partial charge in [-0.1, -0.05) is 29.8 Å². The first-order chi connectivity index (χ1) is 23.4. The third-order valence-electron chi connectivity index (χ3n) is 10.9. The maximum atomic E-state index is 14.3. The molecule has 0 aromatic heterocycles. The van der Waals surface area contributed by atoms with Crippen LogP contribution < -0.4 is 14.4 Å². The molecule has 2 fully saturated rings. The number of carbonyl (C=O) groups excluding carboxylic acids is 2. The first kappa shape index (κ1) is 35.9. The van der Waals surface area contributed by atoms with Crippen molar-refractivity contribution in [2.45, 2.75) is 89.9 Å². The molecule has 2 aliphatic heterocycles. The SMILES string of the molecule is CO[C@H]1/C=C/CCCS(=O)(NC(=O)C2CC(C(C)(C)O)C2)=NC(=O)c2ccc3c(c2)N(Cc2ccc(Cl)cc2CCCCO3)C[C@@H]2CC[C@H]21. The van der Waals surface area contributed by atoms with Crippen molar-refractivity contribution in [1.29, 1.82) is 0 Å². The highest BCUT2D eigenvalue weighted by molar-refractivity contribution is 7.92. The van der Waals surface area contributed by atoms with E-state index in [-0.39, 0.29) is 35.2 Å². The Morgan fingerprint density at radius 2 is 1.94 bits per heavy atom. The molecule has 2 saturated carbocycles. The van der Waals surface area contributed by atoms with Crippen molar-refractivity contribution in [3.63, 3.8) is 0 Å². The fraction of sp³-hybridized carbons (Fsp3) is 0.579. The normalized spacial score (nSPS) is 30.1. The van der Waals surface area contributed by atoms with Crippen LogP contribution >= 0.6 is 11.6 Å². The molecular formula is C38H50ClN3O6S. The summed E-state index contributed by atoms with van der Waals surface area (Å²) in [5.74, 6) is 0.0192. The second kappa shape index (κ2) is 15.1. The number of hydrogen-bond donors (Lipinski definition) is 2. The van der Waals surface area contributed by atoms with Gasteiger partial charge < -0.3 is 19.5 Å². The summed E-state index contributed by atoms with van der Waals surface area (Å²) in [5, 5.41) is 11.1. The molecule has 0 spiro atoms. The van der Waals surface area contributed by atoms with E-state index in [0.29, 0.717) is 61.4 Å². The molecule has 2 amide bonds. The van der Waals surface area contributed by atoms with Gasteiger partial charge in [0.2, 0.25) is 5.91 Å². The maximum absolute atomic E-state index is 14.3. The number of nitrogens with zero attached hydrogens (tertiary/aromatic N) is 2. The van der Waals surface area contributed by atoms with E-state index in [0.717, 1.165) is 44.3 Å². The number of methoxy groups -OCH3 is 1. The molecule has 2 N–H and O–H groups in total. The van der Waals surface area contributed by atoms with E-state index in [1.807, 2.05) is 18.2 Å². The third-order valence-corrected chi connectivity index (χ3v) is 13.0. The first-order valence-corrected chi connectivity index (χ1v) is 19.8. The van der Waals surface area contributed by atoms with Crippen LogP contribution in [0.15, 0.2) is 52.9 Å². The van der Waals surface area contributed by atoms with Crippen molar-refractivity contribution < 1.29 is 28.4 Å². The van der Waals surface area contributed by atoms with Crippen molar-refractivity contribution in [3.8, 4) is 5.75 Å². The number of aryl methyl sites for hydroxylation is 1. The molecule has 2 aromatic carbocycles. The van der Waals surface area contributed by atoms with Gasteiger partial charge in [-0.3, -0.25) is 14.3 Å². The molecule has 6 rings (SSSR count). The molecule has 9 nitrogen and oxygen atoms in total. The van der Waals surface area contributed by atoms with Gasteiger partial charge >= 0.3 is 0 Å². The number of benzene rings is 2. The molecule has 11 heteroatoms. The van der Waals surface area contributed by atoms with Crippen molar-refractivity contribution in [2.75, 3.05) is 30.9 Å². The number of carbonyl (C=O) groups is 2. The zero-order chi connectivity index (χ0) is 34.8. The number of anilines is 1. The minimum Gasteiger partial charge on any atom is -0.491 e. The lowest BCUT2D eigenvalue weighted by Crippen LogP contribution is -2.48. The number of ether oxygens (including phenoxy) is 2. The number of amides is 2. The number of nitrogens with one attached hydrogen (secondary N) is 1. The Morgan fingerprint density at radius 3 is 2.67 bits per heavy atom. The third kappa shape index (κ3) is 8.52. The molecule has 4 atom stereocenters. The quantitative estimate of drug-likeness (QED) is 0.332.